The molecule has 2 aromatic carbocycles. The molecule has 0 aromatic heterocycles. The van der Waals surface area contributed by atoms with Gasteiger partial charge >= 0.3 is 0 Å². The summed E-state index contributed by atoms with van der Waals surface area (Å²) in [6.45, 7) is 0. The van der Waals surface area contributed by atoms with Crippen LogP contribution in [0.25, 0.3) is 0 Å². The van der Waals surface area contributed by atoms with Crippen LogP contribution in [0.3, 0.4) is 0 Å². The van der Waals surface area contributed by atoms with Crippen LogP contribution in [0.4, 0.5) is 11.4 Å². The molecular formula is C19H18N2O2. The van der Waals surface area contributed by atoms with E-state index in [2.05, 4.69) is 0 Å². The molecule has 1 saturated heterocycles. The number of carbonyl (C=O) groups excluding carboxylic acids is 2. The quantitative estimate of drug-likeness (QED) is 0.815. The predicted molar refractivity (Wildman–Crippen MR) is 90.1 cm³/mol. The highest BCUT2D eigenvalue weighted by atomic mass is 16.2. The van der Waals surface area contributed by atoms with Crippen LogP contribution in [0, 0.1) is 0 Å². The SMILES string of the molecule is CN1C(=O)CC/C1=C\C(=O)N(c1ccccc1)c1ccccc1. The summed E-state index contributed by atoms with van der Waals surface area (Å²) in [5, 5.41) is 0. The standard InChI is InChI=1S/C19H18N2O2/c1-20-17(12-13-18(20)22)14-19(23)21(15-8-4-2-5-9-15)16-10-6-3-7-11-16/h2-11,14H,12-13H2,1H3/b17-14+. The van der Waals surface area contributed by atoms with Gasteiger partial charge in [-0.2, -0.15) is 0 Å². The number of benzene rings is 2. The Bertz CT molecular complexity index is 699. The van der Waals surface area contributed by atoms with Crippen molar-refractivity contribution in [2.75, 3.05) is 11.9 Å². The third-order valence-corrected chi connectivity index (χ3v) is 3.94. The summed E-state index contributed by atoms with van der Waals surface area (Å²) < 4.78 is 0. The van der Waals surface area contributed by atoms with E-state index in [1.54, 1.807) is 22.9 Å². The molecule has 0 aliphatic carbocycles. The van der Waals surface area contributed by atoms with Gasteiger partial charge in [0.1, 0.15) is 0 Å². The number of carbonyl (C=O) groups is 2. The maximum atomic E-state index is 12.9. The van der Waals surface area contributed by atoms with Crippen molar-refractivity contribution < 1.29 is 9.59 Å². The second-order valence-electron chi connectivity index (χ2n) is 5.43. The van der Waals surface area contributed by atoms with Gasteiger partial charge in [0.05, 0.1) is 0 Å². The lowest BCUT2D eigenvalue weighted by Gasteiger charge is -2.22. The van der Waals surface area contributed by atoms with E-state index in [-0.39, 0.29) is 11.8 Å². The summed E-state index contributed by atoms with van der Waals surface area (Å²) in [4.78, 5) is 27.7. The number of amides is 2. The zero-order valence-corrected chi connectivity index (χ0v) is 13.0. The Hall–Kier alpha value is -2.88. The Morgan fingerprint density at radius 2 is 1.48 bits per heavy atom. The molecule has 2 aromatic rings. The number of hydrogen-bond acceptors (Lipinski definition) is 2. The Morgan fingerprint density at radius 1 is 0.957 bits per heavy atom. The largest absolute Gasteiger partial charge is 0.319 e. The van der Waals surface area contributed by atoms with Crippen molar-refractivity contribution in [1.82, 2.24) is 4.90 Å². The van der Waals surface area contributed by atoms with E-state index < -0.39 is 0 Å². The molecule has 1 aliphatic heterocycles. The van der Waals surface area contributed by atoms with Crippen LogP contribution in [-0.2, 0) is 9.59 Å². The summed E-state index contributed by atoms with van der Waals surface area (Å²) in [6.07, 6.45) is 2.63. The molecule has 4 heteroatoms. The smallest absolute Gasteiger partial charge is 0.257 e. The van der Waals surface area contributed by atoms with E-state index in [1.807, 2.05) is 60.7 Å². The van der Waals surface area contributed by atoms with Crippen LogP contribution in [0.5, 0.6) is 0 Å². The van der Waals surface area contributed by atoms with Crippen molar-refractivity contribution in [3.05, 3.63) is 72.4 Å². The first-order chi connectivity index (χ1) is 11.2. The van der Waals surface area contributed by atoms with E-state index >= 15 is 0 Å². The summed E-state index contributed by atoms with van der Waals surface area (Å²) in [7, 11) is 1.71. The molecule has 0 atom stereocenters. The highest BCUT2D eigenvalue weighted by Crippen LogP contribution is 2.27. The molecular weight excluding hydrogens is 288 g/mol. The van der Waals surface area contributed by atoms with Gasteiger partial charge in [0, 0.05) is 36.6 Å². The highest BCUT2D eigenvalue weighted by molar-refractivity contribution is 6.07. The number of para-hydroxylation sites is 2. The van der Waals surface area contributed by atoms with E-state index in [0.29, 0.717) is 12.8 Å². The first-order valence-corrected chi connectivity index (χ1v) is 7.58. The van der Waals surface area contributed by atoms with Crippen LogP contribution >= 0.6 is 0 Å². The lowest BCUT2D eigenvalue weighted by molar-refractivity contribution is -0.125. The van der Waals surface area contributed by atoms with Crippen molar-refractivity contribution in [3.8, 4) is 0 Å². The monoisotopic (exact) mass is 306 g/mol. The highest BCUT2D eigenvalue weighted by Gasteiger charge is 2.24. The second kappa shape index (κ2) is 6.48. The molecule has 1 aliphatic rings. The Labute approximate surface area is 135 Å². The van der Waals surface area contributed by atoms with Gasteiger partial charge in [0.2, 0.25) is 5.91 Å². The van der Waals surface area contributed by atoms with E-state index in [4.69, 9.17) is 0 Å². The van der Waals surface area contributed by atoms with Crippen LogP contribution in [0.15, 0.2) is 72.4 Å². The third-order valence-electron chi connectivity index (χ3n) is 3.94. The molecule has 0 radical (unpaired) electrons. The average molecular weight is 306 g/mol. The summed E-state index contributed by atoms with van der Waals surface area (Å²) in [6, 6.07) is 19.0. The fourth-order valence-electron chi connectivity index (χ4n) is 2.66. The number of nitrogens with zero attached hydrogens (tertiary/aromatic N) is 2. The third kappa shape index (κ3) is 3.16. The van der Waals surface area contributed by atoms with Gasteiger partial charge in [-0.05, 0) is 30.7 Å². The molecule has 0 unspecified atom stereocenters. The van der Waals surface area contributed by atoms with Crippen molar-refractivity contribution in [3.63, 3.8) is 0 Å². The fourth-order valence-corrected chi connectivity index (χ4v) is 2.66. The molecule has 0 saturated carbocycles. The minimum absolute atomic E-state index is 0.0509. The molecule has 4 nitrogen and oxygen atoms in total. The molecule has 2 amide bonds. The lowest BCUT2D eigenvalue weighted by Crippen LogP contribution is -2.26. The predicted octanol–water partition coefficient (Wildman–Crippen LogP) is 3.49. The average Bonchev–Trinajstić information content (AvgIpc) is 2.89. The fraction of sp³-hybridized carbons (Fsp3) is 0.158. The Balaban J connectivity index is 1.98. The van der Waals surface area contributed by atoms with Crippen LogP contribution in [0.2, 0.25) is 0 Å². The van der Waals surface area contributed by atoms with Gasteiger partial charge in [0.25, 0.3) is 5.91 Å². The van der Waals surface area contributed by atoms with Gasteiger partial charge in [-0.25, -0.2) is 0 Å². The molecule has 1 heterocycles. The summed E-state index contributed by atoms with van der Waals surface area (Å²) >= 11 is 0. The Kier molecular flexibility index (Phi) is 4.24. The van der Waals surface area contributed by atoms with Crippen LogP contribution in [0.1, 0.15) is 12.8 Å². The molecule has 3 rings (SSSR count). The molecule has 0 N–H and O–H groups in total. The van der Waals surface area contributed by atoms with Gasteiger partial charge in [-0.3, -0.25) is 14.5 Å². The van der Waals surface area contributed by atoms with Crippen molar-refractivity contribution in [1.29, 1.82) is 0 Å². The lowest BCUT2D eigenvalue weighted by atomic mass is 10.2. The normalized spacial score (nSPS) is 16.0. The minimum atomic E-state index is -0.154. The number of anilines is 2. The van der Waals surface area contributed by atoms with Gasteiger partial charge in [0.15, 0.2) is 0 Å². The number of likely N-dealkylation sites (tertiary alicyclic amines) is 1. The molecule has 0 bridgehead atoms. The number of hydrogen-bond donors (Lipinski definition) is 0. The molecule has 116 valence electrons. The van der Waals surface area contributed by atoms with Gasteiger partial charge < -0.3 is 4.90 Å². The molecule has 23 heavy (non-hydrogen) atoms. The summed E-state index contributed by atoms with van der Waals surface area (Å²) in [5.41, 5.74) is 2.36. The minimum Gasteiger partial charge on any atom is -0.319 e. The zero-order chi connectivity index (χ0) is 16.2. The van der Waals surface area contributed by atoms with Gasteiger partial charge in [-0.15, -0.1) is 0 Å². The zero-order valence-electron chi connectivity index (χ0n) is 13.0. The maximum Gasteiger partial charge on any atom is 0.257 e. The van der Waals surface area contributed by atoms with Crippen molar-refractivity contribution >= 4 is 23.2 Å². The molecule has 0 spiro atoms. The van der Waals surface area contributed by atoms with Gasteiger partial charge in [-0.1, -0.05) is 36.4 Å². The maximum absolute atomic E-state index is 12.9. The van der Waals surface area contributed by atoms with Crippen molar-refractivity contribution in [2.45, 2.75) is 12.8 Å². The van der Waals surface area contributed by atoms with Crippen molar-refractivity contribution in [2.24, 2.45) is 0 Å². The first-order valence-electron chi connectivity index (χ1n) is 7.58. The van der Waals surface area contributed by atoms with E-state index in [9.17, 15) is 9.59 Å². The number of allylic oxidation sites excluding steroid dienone is 1. The van der Waals surface area contributed by atoms with Crippen LogP contribution < -0.4 is 4.90 Å². The van der Waals surface area contributed by atoms with E-state index in [0.717, 1.165) is 17.1 Å². The number of rotatable bonds is 3. The Morgan fingerprint density at radius 3 is 1.91 bits per heavy atom. The van der Waals surface area contributed by atoms with Crippen LogP contribution in [-0.4, -0.2) is 23.8 Å². The topological polar surface area (TPSA) is 40.6 Å². The second-order valence-corrected chi connectivity index (χ2v) is 5.43. The van der Waals surface area contributed by atoms with E-state index in [1.165, 1.54) is 0 Å². The first kappa shape index (κ1) is 15.0. The summed E-state index contributed by atoms with van der Waals surface area (Å²) in [5.74, 6) is -0.103. The molecule has 1 fully saturated rings.